The van der Waals surface area contributed by atoms with Crippen molar-refractivity contribution in [2.45, 2.75) is 47.1 Å². The fraction of sp³-hybridized carbons (Fsp3) is 1.00. The molecule has 0 spiro atoms. The Morgan fingerprint density at radius 1 is 0.857 bits per heavy atom. The topological polar surface area (TPSA) is 27.7 Å². The SMILES string of the molecule is CC(C)(C)CNCCN1CCN(CCOC(C)(C)C)CC1. The summed E-state index contributed by atoms with van der Waals surface area (Å²) in [5.74, 6) is 0. The molecular formula is C17H37N3O. The van der Waals surface area contributed by atoms with Gasteiger partial charge < -0.3 is 10.1 Å². The number of hydrogen-bond acceptors (Lipinski definition) is 4. The van der Waals surface area contributed by atoms with E-state index in [-0.39, 0.29) is 5.60 Å². The molecule has 1 heterocycles. The van der Waals surface area contributed by atoms with Gasteiger partial charge in [0.25, 0.3) is 0 Å². The first-order valence-corrected chi connectivity index (χ1v) is 8.45. The zero-order chi connectivity index (χ0) is 15.9. The monoisotopic (exact) mass is 299 g/mol. The van der Waals surface area contributed by atoms with Crippen molar-refractivity contribution in [2.24, 2.45) is 5.41 Å². The van der Waals surface area contributed by atoms with Gasteiger partial charge in [0.1, 0.15) is 0 Å². The number of ether oxygens (including phenoxy) is 1. The van der Waals surface area contributed by atoms with Crippen LogP contribution < -0.4 is 5.32 Å². The van der Waals surface area contributed by atoms with E-state index in [0.29, 0.717) is 5.41 Å². The largest absolute Gasteiger partial charge is 0.375 e. The zero-order valence-corrected chi connectivity index (χ0v) is 15.2. The Morgan fingerprint density at radius 3 is 1.86 bits per heavy atom. The van der Waals surface area contributed by atoms with E-state index in [2.05, 4.69) is 56.7 Å². The first-order valence-electron chi connectivity index (χ1n) is 8.45. The zero-order valence-electron chi connectivity index (χ0n) is 15.2. The minimum atomic E-state index is -0.0133. The fourth-order valence-corrected chi connectivity index (χ4v) is 2.42. The lowest BCUT2D eigenvalue weighted by Crippen LogP contribution is -2.49. The van der Waals surface area contributed by atoms with Gasteiger partial charge in [-0.1, -0.05) is 20.8 Å². The quantitative estimate of drug-likeness (QED) is 0.728. The summed E-state index contributed by atoms with van der Waals surface area (Å²) in [6, 6.07) is 0. The molecule has 0 amide bonds. The molecule has 4 nitrogen and oxygen atoms in total. The molecule has 0 aliphatic carbocycles. The lowest BCUT2D eigenvalue weighted by Gasteiger charge is -2.35. The average Bonchev–Trinajstić information content (AvgIpc) is 2.34. The Labute approximate surface area is 132 Å². The van der Waals surface area contributed by atoms with Gasteiger partial charge in [0.05, 0.1) is 12.2 Å². The highest BCUT2D eigenvalue weighted by Gasteiger charge is 2.17. The number of hydrogen-bond donors (Lipinski definition) is 1. The molecule has 0 aromatic carbocycles. The van der Waals surface area contributed by atoms with Crippen molar-refractivity contribution >= 4 is 0 Å². The third-order valence-corrected chi connectivity index (χ3v) is 3.67. The van der Waals surface area contributed by atoms with Crippen molar-refractivity contribution in [3.63, 3.8) is 0 Å². The van der Waals surface area contributed by atoms with E-state index in [1.165, 1.54) is 32.7 Å². The predicted octanol–water partition coefficient (Wildman–Crippen LogP) is 2.05. The van der Waals surface area contributed by atoms with Gasteiger partial charge in [0.15, 0.2) is 0 Å². The summed E-state index contributed by atoms with van der Waals surface area (Å²) < 4.78 is 5.80. The normalized spacial score (nSPS) is 19.1. The van der Waals surface area contributed by atoms with Crippen molar-refractivity contribution < 1.29 is 4.74 Å². The maximum Gasteiger partial charge on any atom is 0.0600 e. The standard InChI is InChI=1S/C17H37N3O/c1-16(2,3)15-18-7-8-19-9-11-20(12-10-19)13-14-21-17(4,5)6/h18H,7-15H2,1-6H3. The van der Waals surface area contributed by atoms with Gasteiger partial charge in [-0.25, -0.2) is 0 Å². The van der Waals surface area contributed by atoms with Crippen LogP contribution in [0.2, 0.25) is 0 Å². The molecule has 1 rings (SSSR count). The van der Waals surface area contributed by atoms with Crippen molar-refractivity contribution in [3.8, 4) is 0 Å². The van der Waals surface area contributed by atoms with E-state index in [1.54, 1.807) is 0 Å². The van der Waals surface area contributed by atoms with Gasteiger partial charge in [-0.15, -0.1) is 0 Å². The van der Waals surface area contributed by atoms with Crippen LogP contribution in [0, 0.1) is 5.41 Å². The lowest BCUT2D eigenvalue weighted by molar-refractivity contribution is -0.0177. The Morgan fingerprint density at radius 2 is 1.38 bits per heavy atom. The van der Waals surface area contributed by atoms with Gasteiger partial charge in [-0.3, -0.25) is 9.80 Å². The summed E-state index contributed by atoms with van der Waals surface area (Å²) >= 11 is 0. The molecule has 1 N–H and O–H groups in total. The number of nitrogens with one attached hydrogen (secondary N) is 1. The Hall–Kier alpha value is -0.160. The third kappa shape index (κ3) is 10.2. The Bertz CT molecular complexity index is 273. The second-order valence-corrected chi connectivity index (χ2v) is 8.38. The van der Waals surface area contributed by atoms with Crippen LogP contribution in [0.3, 0.4) is 0 Å². The number of rotatable bonds is 7. The van der Waals surface area contributed by atoms with E-state index in [0.717, 1.165) is 26.2 Å². The first-order chi connectivity index (χ1) is 9.66. The summed E-state index contributed by atoms with van der Waals surface area (Å²) in [5, 5.41) is 3.56. The highest BCUT2D eigenvalue weighted by atomic mass is 16.5. The Kier molecular flexibility index (Phi) is 7.62. The summed E-state index contributed by atoms with van der Waals surface area (Å²) in [6.07, 6.45) is 0. The highest BCUT2D eigenvalue weighted by molar-refractivity contribution is 4.73. The van der Waals surface area contributed by atoms with Crippen LogP contribution in [-0.2, 0) is 4.74 Å². The van der Waals surface area contributed by atoms with Crippen LogP contribution >= 0.6 is 0 Å². The maximum absolute atomic E-state index is 5.80. The van der Waals surface area contributed by atoms with Crippen LogP contribution in [0.1, 0.15) is 41.5 Å². The van der Waals surface area contributed by atoms with Crippen LogP contribution in [0.15, 0.2) is 0 Å². The van der Waals surface area contributed by atoms with Crippen molar-refractivity contribution in [2.75, 3.05) is 59.0 Å². The highest BCUT2D eigenvalue weighted by Crippen LogP contribution is 2.10. The van der Waals surface area contributed by atoms with Gasteiger partial charge >= 0.3 is 0 Å². The summed E-state index contributed by atoms with van der Waals surface area (Å²) in [4.78, 5) is 5.08. The average molecular weight is 300 g/mol. The van der Waals surface area contributed by atoms with E-state index in [4.69, 9.17) is 4.74 Å². The minimum absolute atomic E-state index is 0.0133. The van der Waals surface area contributed by atoms with E-state index >= 15 is 0 Å². The third-order valence-electron chi connectivity index (χ3n) is 3.67. The van der Waals surface area contributed by atoms with E-state index < -0.39 is 0 Å². The summed E-state index contributed by atoms with van der Waals surface area (Å²) in [5.41, 5.74) is 0.367. The molecular weight excluding hydrogens is 262 g/mol. The number of piperazine rings is 1. The van der Waals surface area contributed by atoms with Crippen LogP contribution in [0.5, 0.6) is 0 Å². The molecule has 0 unspecified atom stereocenters. The lowest BCUT2D eigenvalue weighted by atomic mass is 9.97. The molecule has 0 bridgehead atoms. The molecule has 0 atom stereocenters. The van der Waals surface area contributed by atoms with E-state index in [9.17, 15) is 0 Å². The molecule has 0 saturated carbocycles. The van der Waals surface area contributed by atoms with Crippen LogP contribution in [0.4, 0.5) is 0 Å². The molecule has 21 heavy (non-hydrogen) atoms. The second-order valence-electron chi connectivity index (χ2n) is 8.38. The van der Waals surface area contributed by atoms with Crippen LogP contribution in [0.25, 0.3) is 0 Å². The van der Waals surface area contributed by atoms with Crippen LogP contribution in [-0.4, -0.2) is 74.4 Å². The molecule has 0 radical (unpaired) electrons. The van der Waals surface area contributed by atoms with Gasteiger partial charge in [-0.05, 0) is 26.2 Å². The van der Waals surface area contributed by atoms with E-state index in [1.807, 2.05) is 0 Å². The molecule has 0 aromatic rings. The molecule has 1 aliphatic heterocycles. The van der Waals surface area contributed by atoms with Gasteiger partial charge in [0, 0.05) is 52.4 Å². The minimum Gasteiger partial charge on any atom is -0.375 e. The molecule has 1 aliphatic rings. The molecule has 1 saturated heterocycles. The summed E-state index contributed by atoms with van der Waals surface area (Å²) in [6.45, 7) is 23.2. The van der Waals surface area contributed by atoms with Gasteiger partial charge in [-0.2, -0.15) is 0 Å². The summed E-state index contributed by atoms with van der Waals surface area (Å²) in [7, 11) is 0. The smallest absolute Gasteiger partial charge is 0.0600 e. The molecule has 126 valence electrons. The van der Waals surface area contributed by atoms with Crippen molar-refractivity contribution in [1.29, 1.82) is 0 Å². The van der Waals surface area contributed by atoms with Gasteiger partial charge in [0.2, 0.25) is 0 Å². The molecule has 1 fully saturated rings. The van der Waals surface area contributed by atoms with Crippen molar-refractivity contribution in [1.82, 2.24) is 15.1 Å². The molecule has 0 aromatic heterocycles. The number of nitrogens with zero attached hydrogens (tertiary/aromatic N) is 2. The predicted molar refractivity (Wildman–Crippen MR) is 90.9 cm³/mol. The first kappa shape index (κ1) is 18.9. The maximum atomic E-state index is 5.80. The second kappa shape index (κ2) is 8.47. The Balaban J connectivity index is 2.04. The molecule has 4 heteroatoms. The van der Waals surface area contributed by atoms with Crippen molar-refractivity contribution in [3.05, 3.63) is 0 Å². The fourth-order valence-electron chi connectivity index (χ4n) is 2.42.